The van der Waals surface area contributed by atoms with Gasteiger partial charge in [0, 0.05) is 31.5 Å². The molecule has 0 aliphatic heterocycles. The normalized spacial score (nSPS) is 11.6. The molecule has 0 aliphatic carbocycles. The molecule has 1 aromatic heterocycles. The third-order valence-electron chi connectivity index (χ3n) is 4.50. The van der Waals surface area contributed by atoms with Gasteiger partial charge in [-0.05, 0) is 49.7 Å². The molecule has 0 spiro atoms. The summed E-state index contributed by atoms with van der Waals surface area (Å²) >= 11 is 0. The quantitative estimate of drug-likeness (QED) is 0.479. The lowest BCUT2D eigenvalue weighted by molar-refractivity contribution is 0.197. The number of nitrogens with zero attached hydrogens (tertiary/aromatic N) is 2. The Kier molecular flexibility index (Phi) is 6.45. The first-order chi connectivity index (χ1) is 13.7. The highest BCUT2D eigenvalue weighted by Gasteiger charge is 2.19. The first-order valence-electron chi connectivity index (χ1n) is 9.21. The van der Waals surface area contributed by atoms with E-state index in [0.29, 0.717) is 24.4 Å². The minimum Gasteiger partial charge on any atom is -0.497 e. The molecular weight excluding hydrogens is 354 g/mol. The predicted octanol–water partition coefficient (Wildman–Crippen LogP) is 3.69. The third-order valence-corrected chi connectivity index (χ3v) is 4.50. The van der Waals surface area contributed by atoms with Gasteiger partial charge < -0.3 is 9.47 Å². The second kappa shape index (κ2) is 9.19. The summed E-state index contributed by atoms with van der Waals surface area (Å²) in [5.41, 5.74) is 3.58. The van der Waals surface area contributed by atoms with Gasteiger partial charge >= 0.3 is 0 Å². The Labute approximate surface area is 164 Å². The van der Waals surface area contributed by atoms with Crippen LogP contribution >= 0.6 is 0 Å². The van der Waals surface area contributed by atoms with Crippen molar-refractivity contribution in [1.82, 2.24) is 9.78 Å². The van der Waals surface area contributed by atoms with Crippen molar-refractivity contribution in [3.63, 3.8) is 0 Å². The molecule has 0 saturated heterocycles. The lowest BCUT2D eigenvalue weighted by Crippen LogP contribution is -2.19. The maximum absolute atomic E-state index is 13.2. The average Bonchev–Trinajstić information content (AvgIpc) is 3.09. The van der Waals surface area contributed by atoms with Crippen molar-refractivity contribution in [1.29, 1.82) is 0 Å². The Bertz CT molecular complexity index is 986. The van der Waals surface area contributed by atoms with Crippen molar-refractivity contribution < 1.29 is 9.47 Å². The van der Waals surface area contributed by atoms with Crippen LogP contribution in [0, 0.1) is 0 Å². The molecule has 0 atom stereocenters. The highest BCUT2D eigenvalue weighted by Crippen LogP contribution is 2.24. The molecule has 146 valence electrons. The molecule has 3 rings (SSSR count). The molecule has 28 heavy (non-hydrogen) atoms. The van der Waals surface area contributed by atoms with Gasteiger partial charge in [0.05, 0.1) is 24.1 Å². The number of benzene rings is 2. The molecule has 2 aromatic carbocycles. The van der Waals surface area contributed by atoms with Gasteiger partial charge in [-0.1, -0.05) is 18.2 Å². The summed E-state index contributed by atoms with van der Waals surface area (Å²) in [5.74, 6) is 0.764. The number of para-hydroxylation sites is 1. The van der Waals surface area contributed by atoms with E-state index in [1.54, 1.807) is 18.9 Å². The third kappa shape index (κ3) is 4.23. The van der Waals surface area contributed by atoms with Crippen LogP contribution < -0.4 is 10.3 Å². The zero-order chi connectivity index (χ0) is 19.9. The van der Waals surface area contributed by atoms with E-state index in [4.69, 9.17) is 9.47 Å². The molecule has 1 heterocycles. The largest absolute Gasteiger partial charge is 0.497 e. The Morgan fingerprint density at radius 1 is 1.07 bits per heavy atom. The van der Waals surface area contributed by atoms with Crippen LogP contribution in [0.2, 0.25) is 0 Å². The van der Waals surface area contributed by atoms with Gasteiger partial charge in [-0.2, -0.15) is 0 Å². The molecule has 3 aromatic rings. The van der Waals surface area contributed by atoms with Crippen LogP contribution in [0.25, 0.3) is 16.9 Å². The van der Waals surface area contributed by atoms with Crippen molar-refractivity contribution in [2.24, 2.45) is 4.99 Å². The Balaban J connectivity index is 2.09. The molecule has 1 N–H and O–H groups in total. The number of nitrogens with one attached hydrogen (secondary N) is 1. The van der Waals surface area contributed by atoms with E-state index in [0.717, 1.165) is 29.1 Å². The minimum atomic E-state index is -0.120. The van der Waals surface area contributed by atoms with Crippen LogP contribution in [0.3, 0.4) is 0 Å². The van der Waals surface area contributed by atoms with Crippen LogP contribution in [0.1, 0.15) is 18.9 Å². The topological polar surface area (TPSA) is 68.6 Å². The van der Waals surface area contributed by atoms with Crippen molar-refractivity contribution in [3.05, 3.63) is 70.5 Å². The van der Waals surface area contributed by atoms with E-state index in [2.05, 4.69) is 10.1 Å². The highest BCUT2D eigenvalue weighted by atomic mass is 16.5. The van der Waals surface area contributed by atoms with Crippen LogP contribution in [-0.4, -0.2) is 42.9 Å². The summed E-state index contributed by atoms with van der Waals surface area (Å²) in [6, 6.07) is 17.1. The zero-order valence-electron chi connectivity index (χ0n) is 16.4. The van der Waals surface area contributed by atoms with E-state index >= 15 is 0 Å². The fraction of sp³-hybridized carbons (Fsp3) is 0.273. The molecule has 0 aliphatic rings. The number of aliphatic imine (C=N–C) groups is 1. The fourth-order valence-corrected chi connectivity index (χ4v) is 3.03. The van der Waals surface area contributed by atoms with Crippen molar-refractivity contribution in [3.8, 4) is 22.7 Å². The zero-order valence-corrected chi connectivity index (χ0v) is 16.4. The van der Waals surface area contributed by atoms with Gasteiger partial charge in [0.15, 0.2) is 0 Å². The number of hydrogen-bond donors (Lipinski definition) is 1. The monoisotopic (exact) mass is 379 g/mol. The summed E-state index contributed by atoms with van der Waals surface area (Å²) < 4.78 is 11.9. The number of aromatic amines is 1. The average molecular weight is 379 g/mol. The molecule has 0 radical (unpaired) electrons. The minimum absolute atomic E-state index is 0.120. The van der Waals surface area contributed by atoms with E-state index in [9.17, 15) is 4.79 Å². The smallest absolute Gasteiger partial charge is 0.280 e. The highest BCUT2D eigenvalue weighted by molar-refractivity contribution is 6.03. The second-order valence-electron chi connectivity index (χ2n) is 6.38. The summed E-state index contributed by atoms with van der Waals surface area (Å²) in [5, 5.41) is 3.26. The first-order valence-corrected chi connectivity index (χ1v) is 9.21. The number of H-pyrrole nitrogens is 1. The van der Waals surface area contributed by atoms with Crippen LogP contribution in [-0.2, 0) is 4.74 Å². The van der Waals surface area contributed by atoms with Crippen molar-refractivity contribution in [2.75, 3.05) is 27.4 Å². The standard InChI is InChI=1S/C22H25N3O3/c1-16(23-14-7-15-27-2)20-21(17-10-12-19(28-3)13-11-17)24-25(22(20)26)18-8-5-4-6-9-18/h4-6,8-13,24H,7,14-15H2,1-3H3. The van der Waals surface area contributed by atoms with Crippen LogP contribution in [0.4, 0.5) is 0 Å². The summed E-state index contributed by atoms with van der Waals surface area (Å²) in [4.78, 5) is 17.8. The van der Waals surface area contributed by atoms with Gasteiger partial charge in [-0.3, -0.25) is 14.9 Å². The van der Waals surface area contributed by atoms with Crippen LogP contribution in [0.5, 0.6) is 5.75 Å². The Hall–Kier alpha value is -3.12. The van der Waals surface area contributed by atoms with E-state index in [-0.39, 0.29) is 5.56 Å². The number of ether oxygens (including phenoxy) is 2. The maximum Gasteiger partial charge on any atom is 0.280 e. The second-order valence-corrected chi connectivity index (χ2v) is 6.38. The number of rotatable bonds is 8. The van der Waals surface area contributed by atoms with E-state index in [1.807, 2.05) is 61.5 Å². The molecule has 0 bridgehead atoms. The van der Waals surface area contributed by atoms with Crippen molar-refractivity contribution >= 4 is 5.71 Å². The SMILES string of the molecule is COCCCN=C(C)c1c(-c2ccc(OC)cc2)[nH]n(-c2ccccc2)c1=O. The molecule has 6 heteroatoms. The molecule has 0 amide bonds. The van der Waals surface area contributed by atoms with Gasteiger partial charge in [0.25, 0.3) is 5.56 Å². The summed E-state index contributed by atoms with van der Waals surface area (Å²) in [7, 11) is 3.30. The predicted molar refractivity (Wildman–Crippen MR) is 112 cm³/mol. The molecule has 0 unspecified atom stereocenters. The lowest BCUT2D eigenvalue weighted by Gasteiger charge is -2.05. The van der Waals surface area contributed by atoms with E-state index < -0.39 is 0 Å². The fourth-order valence-electron chi connectivity index (χ4n) is 3.03. The van der Waals surface area contributed by atoms with E-state index in [1.165, 1.54) is 0 Å². The Morgan fingerprint density at radius 2 is 1.79 bits per heavy atom. The van der Waals surface area contributed by atoms with Crippen molar-refractivity contribution in [2.45, 2.75) is 13.3 Å². The molecular formula is C22H25N3O3. The maximum atomic E-state index is 13.2. The van der Waals surface area contributed by atoms with Crippen LogP contribution in [0.15, 0.2) is 64.4 Å². The van der Waals surface area contributed by atoms with Gasteiger partial charge in [-0.15, -0.1) is 0 Å². The first kappa shape index (κ1) is 19.6. The molecule has 6 nitrogen and oxygen atoms in total. The lowest BCUT2D eigenvalue weighted by atomic mass is 10.0. The Morgan fingerprint density at radius 3 is 2.43 bits per heavy atom. The van der Waals surface area contributed by atoms with Gasteiger partial charge in [0.2, 0.25) is 0 Å². The number of aromatic nitrogens is 2. The molecule has 0 fully saturated rings. The van der Waals surface area contributed by atoms with Gasteiger partial charge in [0.1, 0.15) is 5.75 Å². The summed E-state index contributed by atoms with van der Waals surface area (Å²) in [6.07, 6.45) is 0.809. The summed E-state index contributed by atoms with van der Waals surface area (Å²) in [6.45, 7) is 3.13. The number of hydrogen-bond acceptors (Lipinski definition) is 4. The number of methoxy groups -OCH3 is 2. The van der Waals surface area contributed by atoms with Gasteiger partial charge in [-0.25, -0.2) is 4.68 Å². The molecule has 0 saturated carbocycles.